The van der Waals surface area contributed by atoms with Crippen LogP contribution in [0.3, 0.4) is 0 Å². The molecule has 0 saturated heterocycles. The van der Waals surface area contributed by atoms with Crippen molar-refractivity contribution in [3.05, 3.63) is 29.3 Å². The van der Waals surface area contributed by atoms with Gasteiger partial charge >= 0.3 is 63.6 Å². The molecule has 1 heteroatoms. The van der Waals surface area contributed by atoms with Crippen molar-refractivity contribution in [2.24, 2.45) is 0 Å². The maximum atomic E-state index is 3.01. The van der Waals surface area contributed by atoms with E-state index in [1.165, 1.54) is 15.6 Å². The summed E-state index contributed by atoms with van der Waals surface area (Å²) in [5, 5.41) is 0. The van der Waals surface area contributed by atoms with Crippen molar-refractivity contribution in [2.75, 3.05) is 0 Å². The van der Waals surface area contributed by atoms with E-state index in [4.69, 9.17) is 0 Å². The van der Waals surface area contributed by atoms with Crippen molar-refractivity contribution >= 4 is 20.5 Å². The Bertz CT molecular complexity index is 196. The van der Waals surface area contributed by atoms with E-state index < -0.39 is 0 Å². The number of rotatable bonds is 0. The minimum absolute atomic E-state index is 1.26. The first-order chi connectivity index (χ1) is 4.22. The van der Waals surface area contributed by atoms with Gasteiger partial charge < -0.3 is 0 Å². The predicted octanol–water partition coefficient (Wildman–Crippen LogP) is 1.10. The molecule has 9 heavy (non-hydrogen) atoms. The standard InChI is InChI=1S/C8H9Se/c1-6-4-3-5-8(9)7(6)2/h3-5H,1-2H3. The van der Waals surface area contributed by atoms with Crippen LogP contribution in [0.25, 0.3) is 0 Å². The van der Waals surface area contributed by atoms with Crippen LogP contribution in [0.2, 0.25) is 0 Å². The molecule has 47 valence electrons. The molecule has 0 aliphatic rings. The molecule has 0 heterocycles. The van der Waals surface area contributed by atoms with E-state index in [9.17, 15) is 0 Å². The third kappa shape index (κ3) is 1.35. The van der Waals surface area contributed by atoms with Crippen molar-refractivity contribution in [3.63, 3.8) is 0 Å². The zero-order valence-corrected chi connectivity index (χ0v) is 7.35. The van der Waals surface area contributed by atoms with Crippen LogP contribution in [0.1, 0.15) is 11.1 Å². The first-order valence-corrected chi connectivity index (χ1v) is 3.80. The molecular formula is C8H9Se. The van der Waals surface area contributed by atoms with Crippen molar-refractivity contribution < 1.29 is 0 Å². The molecule has 0 aromatic heterocycles. The van der Waals surface area contributed by atoms with Crippen LogP contribution in [-0.4, -0.2) is 16.0 Å². The van der Waals surface area contributed by atoms with Crippen LogP contribution < -0.4 is 4.46 Å². The van der Waals surface area contributed by atoms with Gasteiger partial charge in [0.25, 0.3) is 0 Å². The molecule has 0 amide bonds. The molecule has 0 bridgehead atoms. The van der Waals surface area contributed by atoms with Crippen molar-refractivity contribution in [2.45, 2.75) is 13.8 Å². The molecule has 0 unspecified atom stereocenters. The van der Waals surface area contributed by atoms with E-state index in [2.05, 4.69) is 48.1 Å². The van der Waals surface area contributed by atoms with Gasteiger partial charge in [-0.05, 0) is 0 Å². The van der Waals surface area contributed by atoms with Gasteiger partial charge in [-0.3, -0.25) is 0 Å². The van der Waals surface area contributed by atoms with Gasteiger partial charge in [0.2, 0.25) is 0 Å². The van der Waals surface area contributed by atoms with Gasteiger partial charge in [0.15, 0.2) is 0 Å². The van der Waals surface area contributed by atoms with Crippen LogP contribution in [-0.2, 0) is 0 Å². The summed E-state index contributed by atoms with van der Waals surface area (Å²) in [5.74, 6) is 0. The number of hydrogen-bond acceptors (Lipinski definition) is 0. The van der Waals surface area contributed by atoms with Gasteiger partial charge in [-0.25, -0.2) is 0 Å². The van der Waals surface area contributed by atoms with Crippen molar-refractivity contribution in [1.82, 2.24) is 0 Å². The second kappa shape index (κ2) is 2.55. The van der Waals surface area contributed by atoms with Crippen LogP contribution in [0, 0.1) is 13.8 Å². The monoisotopic (exact) mass is 185 g/mol. The van der Waals surface area contributed by atoms with E-state index in [1.807, 2.05) is 0 Å². The molecule has 0 fully saturated rings. The zero-order valence-electron chi connectivity index (χ0n) is 5.64. The molecule has 0 N–H and O–H groups in total. The summed E-state index contributed by atoms with van der Waals surface area (Å²) in [5.41, 5.74) is 2.71. The second-order valence-electron chi connectivity index (χ2n) is 2.20. The first kappa shape index (κ1) is 6.85. The van der Waals surface area contributed by atoms with Gasteiger partial charge in [0.05, 0.1) is 0 Å². The third-order valence-corrected chi connectivity index (χ3v) is 2.48. The van der Waals surface area contributed by atoms with E-state index in [0.29, 0.717) is 0 Å². The second-order valence-corrected chi connectivity index (χ2v) is 3.12. The Kier molecular flexibility index (Phi) is 1.94. The Balaban J connectivity index is 3.25. The SMILES string of the molecule is Cc1cccc([Se])c1C. The summed E-state index contributed by atoms with van der Waals surface area (Å²) in [6.07, 6.45) is 0. The molecule has 0 atom stereocenters. The number of benzene rings is 1. The Labute approximate surface area is 64.1 Å². The molecule has 0 nitrogen and oxygen atoms in total. The summed E-state index contributed by atoms with van der Waals surface area (Å²) >= 11 is 3.01. The summed E-state index contributed by atoms with van der Waals surface area (Å²) in [4.78, 5) is 0. The van der Waals surface area contributed by atoms with Crippen LogP contribution in [0.15, 0.2) is 18.2 Å². The van der Waals surface area contributed by atoms with Crippen LogP contribution >= 0.6 is 0 Å². The Hall–Kier alpha value is -0.261. The van der Waals surface area contributed by atoms with Crippen molar-refractivity contribution in [1.29, 1.82) is 0 Å². The Morgan fingerprint density at radius 3 is 2.33 bits per heavy atom. The molecule has 0 saturated carbocycles. The average Bonchev–Trinajstić information content (AvgIpc) is 1.83. The van der Waals surface area contributed by atoms with E-state index in [1.54, 1.807) is 0 Å². The summed E-state index contributed by atoms with van der Waals surface area (Å²) < 4.78 is 1.26. The maximum absolute atomic E-state index is 3.01. The molecular weight excluding hydrogens is 175 g/mol. The topological polar surface area (TPSA) is 0 Å². The quantitative estimate of drug-likeness (QED) is 0.529. The molecule has 1 aromatic carbocycles. The number of hydrogen-bond donors (Lipinski definition) is 0. The fourth-order valence-electron chi connectivity index (χ4n) is 0.724. The normalized spacial score (nSPS) is 9.56. The first-order valence-electron chi connectivity index (χ1n) is 2.95. The molecule has 1 radical (unpaired) electrons. The van der Waals surface area contributed by atoms with Gasteiger partial charge in [-0.2, -0.15) is 0 Å². The molecule has 0 aliphatic heterocycles. The zero-order chi connectivity index (χ0) is 6.85. The average molecular weight is 184 g/mol. The Morgan fingerprint density at radius 1 is 1.22 bits per heavy atom. The summed E-state index contributed by atoms with van der Waals surface area (Å²) in [6, 6.07) is 6.27. The van der Waals surface area contributed by atoms with Gasteiger partial charge in [0.1, 0.15) is 0 Å². The third-order valence-electron chi connectivity index (χ3n) is 1.55. The summed E-state index contributed by atoms with van der Waals surface area (Å²) in [6.45, 7) is 4.25. The van der Waals surface area contributed by atoms with E-state index in [-0.39, 0.29) is 0 Å². The predicted molar refractivity (Wildman–Crippen MR) is 41.3 cm³/mol. The molecule has 0 spiro atoms. The molecule has 1 rings (SSSR count). The van der Waals surface area contributed by atoms with Crippen LogP contribution in [0.5, 0.6) is 0 Å². The molecule has 1 aromatic rings. The van der Waals surface area contributed by atoms with Gasteiger partial charge in [-0.1, -0.05) is 0 Å². The summed E-state index contributed by atoms with van der Waals surface area (Å²) in [7, 11) is 0. The minimum atomic E-state index is 1.26. The Morgan fingerprint density at radius 2 is 1.89 bits per heavy atom. The number of aryl methyl sites for hydroxylation is 1. The fraction of sp³-hybridized carbons (Fsp3) is 0.250. The van der Waals surface area contributed by atoms with Crippen LogP contribution in [0.4, 0.5) is 0 Å². The molecule has 0 aliphatic carbocycles. The van der Waals surface area contributed by atoms with E-state index >= 15 is 0 Å². The fourth-order valence-corrected chi connectivity index (χ4v) is 1.23. The van der Waals surface area contributed by atoms with E-state index in [0.717, 1.165) is 0 Å². The van der Waals surface area contributed by atoms with Crippen molar-refractivity contribution in [3.8, 4) is 0 Å². The van der Waals surface area contributed by atoms with Gasteiger partial charge in [-0.15, -0.1) is 0 Å². The van der Waals surface area contributed by atoms with Gasteiger partial charge in [0, 0.05) is 0 Å².